The van der Waals surface area contributed by atoms with Crippen LogP contribution in [0.2, 0.25) is 0 Å². The molecule has 1 aromatic heterocycles. The summed E-state index contributed by atoms with van der Waals surface area (Å²) in [6, 6.07) is 5.68. The lowest BCUT2D eigenvalue weighted by Gasteiger charge is -1.95. The van der Waals surface area contributed by atoms with E-state index in [1.807, 2.05) is 30.6 Å². The predicted octanol–water partition coefficient (Wildman–Crippen LogP) is -2.51. The molecule has 0 aliphatic carbocycles. The first-order valence-electron chi connectivity index (χ1n) is 2.94. The van der Waals surface area contributed by atoms with Crippen LogP contribution in [0, 0.1) is 0 Å². The van der Waals surface area contributed by atoms with Gasteiger partial charge in [-0.15, -0.1) is 0 Å². The monoisotopic (exact) mass is 203 g/mol. The number of aliphatic hydroxyl groups excluding tert-OH is 1. The second-order valence-electron chi connectivity index (χ2n) is 1.95. The number of aliphatic hydroxyl groups is 1. The Balaban J connectivity index is 0.000000810. The number of pyridine rings is 1. The zero-order chi connectivity index (χ0) is 6.69. The van der Waals surface area contributed by atoms with Gasteiger partial charge in [0.25, 0.3) is 6.23 Å². The maximum atomic E-state index is 8.99. The van der Waals surface area contributed by atoms with Crippen molar-refractivity contribution in [3.8, 4) is 0 Å². The third kappa shape index (κ3) is 2.45. The molecule has 10 heavy (non-hydrogen) atoms. The van der Waals surface area contributed by atoms with Gasteiger partial charge in [-0.25, -0.2) is 0 Å². The van der Waals surface area contributed by atoms with E-state index in [0.29, 0.717) is 0 Å². The molecule has 0 fully saturated rings. The molecule has 0 saturated carbocycles. The Morgan fingerprint density at radius 3 is 2.00 bits per heavy atom. The highest BCUT2D eigenvalue weighted by molar-refractivity contribution is 4.83. The van der Waals surface area contributed by atoms with E-state index in [1.54, 1.807) is 11.5 Å². The highest BCUT2D eigenvalue weighted by Crippen LogP contribution is 1.84. The summed E-state index contributed by atoms with van der Waals surface area (Å²) in [6.07, 6.45) is 3.22. The van der Waals surface area contributed by atoms with Crippen LogP contribution in [0.3, 0.4) is 0 Å². The third-order valence-electron chi connectivity index (χ3n) is 1.17. The van der Waals surface area contributed by atoms with E-state index in [-0.39, 0.29) is 17.0 Å². The summed E-state index contributed by atoms with van der Waals surface area (Å²) in [5, 5.41) is 8.99. The molecule has 0 bridgehead atoms. The number of rotatable bonds is 1. The highest BCUT2D eigenvalue weighted by atomic mass is 79.9. The molecule has 0 saturated heterocycles. The van der Waals surface area contributed by atoms with Gasteiger partial charge in [-0.3, -0.25) is 0 Å². The normalized spacial score (nSPS) is 11.8. The van der Waals surface area contributed by atoms with E-state index in [1.165, 1.54) is 0 Å². The fraction of sp³-hybridized carbons (Fsp3) is 0.286. The minimum absolute atomic E-state index is 0. The average molecular weight is 204 g/mol. The van der Waals surface area contributed by atoms with Crippen molar-refractivity contribution < 1.29 is 26.7 Å². The molecule has 0 aromatic carbocycles. The second kappa shape index (κ2) is 4.41. The predicted molar refractivity (Wildman–Crippen MR) is 33.6 cm³/mol. The molecule has 1 atom stereocenters. The first kappa shape index (κ1) is 9.59. The molecule has 1 N–H and O–H groups in total. The summed E-state index contributed by atoms with van der Waals surface area (Å²) in [6.45, 7) is 1.72. The molecule has 1 aromatic rings. The van der Waals surface area contributed by atoms with Gasteiger partial charge >= 0.3 is 0 Å². The van der Waals surface area contributed by atoms with E-state index < -0.39 is 6.23 Å². The molecule has 2 nitrogen and oxygen atoms in total. The van der Waals surface area contributed by atoms with Gasteiger partial charge in [-0.05, 0) is 0 Å². The SMILES string of the molecule is CC(O)[n+]1ccccc1.[Br-]. The standard InChI is InChI=1S/C7H10NO.BrH/c1-7(9)8-5-3-2-4-6-8;/h2-7,9H,1H3;1H/q+1;/p-1. The van der Waals surface area contributed by atoms with Gasteiger partial charge < -0.3 is 22.1 Å². The van der Waals surface area contributed by atoms with E-state index >= 15 is 0 Å². The molecule has 0 aliphatic heterocycles. The number of hydrogen-bond donors (Lipinski definition) is 1. The van der Waals surface area contributed by atoms with Crippen molar-refractivity contribution in [1.29, 1.82) is 0 Å². The van der Waals surface area contributed by atoms with E-state index in [4.69, 9.17) is 5.11 Å². The summed E-state index contributed by atoms with van der Waals surface area (Å²) in [7, 11) is 0. The first-order chi connectivity index (χ1) is 4.30. The number of hydrogen-bond acceptors (Lipinski definition) is 1. The van der Waals surface area contributed by atoms with Crippen LogP contribution in [0.4, 0.5) is 0 Å². The molecule has 0 amide bonds. The Bertz CT molecular complexity index is 176. The second-order valence-corrected chi connectivity index (χ2v) is 1.95. The van der Waals surface area contributed by atoms with Gasteiger partial charge in [0.15, 0.2) is 12.4 Å². The van der Waals surface area contributed by atoms with Gasteiger partial charge in [0.05, 0.1) is 0 Å². The molecule has 3 heteroatoms. The van der Waals surface area contributed by atoms with Crippen LogP contribution in [0.15, 0.2) is 30.6 Å². The van der Waals surface area contributed by atoms with Gasteiger partial charge in [-0.1, -0.05) is 6.07 Å². The summed E-state index contributed by atoms with van der Waals surface area (Å²) in [4.78, 5) is 0. The zero-order valence-corrected chi connectivity index (χ0v) is 7.32. The van der Waals surface area contributed by atoms with Crippen LogP contribution in [0.25, 0.3) is 0 Å². The molecule has 0 aliphatic rings. The van der Waals surface area contributed by atoms with Crippen molar-refractivity contribution in [2.45, 2.75) is 13.2 Å². The van der Waals surface area contributed by atoms with Crippen molar-refractivity contribution in [2.24, 2.45) is 0 Å². The average Bonchev–Trinajstić information content (AvgIpc) is 1.90. The van der Waals surface area contributed by atoms with Crippen LogP contribution in [0.5, 0.6) is 0 Å². The summed E-state index contributed by atoms with van der Waals surface area (Å²) in [5.74, 6) is 0. The Labute approximate surface area is 70.9 Å². The lowest BCUT2D eigenvalue weighted by molar-refractivity contribution is -0.755. The van der Waals surface area contributed by atoms with Crippen molar-refractivity contribution >= 4 is 0 Å². The summed E-state index contributed by atoms with van der Waals surface area (Å²) >= 11 is 0. The molecular formula is C7H10BrNO. The number of nitrogens with zero attached hydrogens (tertiary/aromatic N) is 1. The van der Waals surface area contributed by atoms with E-state index in [0.717, 1.165) is 0 Å². The largest absolute Gasteiger partial charge is 1.00 e. The zero-order valence-electron chi connectivity index (χ0n) is 5.74. The first-order valence-corrected chi connectivity index (χ1v) is 2.94. The smallest absolute Gasteiger partial charge is 0.257 e. The Hall–Kier alpha value is -0.410. The van der Waals surface area contributed by atoms with Crippen LogP contribution in [-0.4, -0.2) is 5.11 Å². The molecule has 1 unspecified atom stereocenters. The summed E-state index contributed by atoms with van der Waals surface area (Å²) in [5.41, 5.74) is 0. The lowest BCUT2D eigenvalue weighted by atomic mass is 10.5. The minimum Gasteiger partial charge on any atom is -1.00 e. The molecule has 0 radical (unpaired) electrons. The lowest BCUT2D eigenvalue weighted by Crippen LogP contribution is -3.00. The van der Waals surface area contributed by atoms with Crippen LogP contribution in [0.1, 0.15) is 13.2 Å². The maximum Gasteiger partial charge on any atom is 0.257 e. The quantitative estimate of drug-likeness (QED) is 0.502. The Morgan fingerprint density at radius 2 is 1.70 bits per heavy atom. The molecule has 1 rings (SSSR count). The summed E-state index contributed by atoms with van der Waals surface area (Å²) < 4.78 is 1.72. The fourth-order valence-electron chi connectivity index (χ4n) is 0.661. The van der Waals surface area contributed by atoms with Crippen LogP contribution in [-0.2, 0) is 0 Å². The fourth-order valence-corrected chi connectivity index (χ4v) is 0.661. The van der Waals surface area contributed by atoms with Crippen LogP contribution < -0.4 is 21.5 Å². The Morgan fingerprint density at radius 1 is 1.20 bits per heavy atom. The highest BCUT2D eigenvalue weighted by Gasteiger charge is 2.02. The van der Waals surface area contributed by atoms with E-state index in [9.17, 15) is 0 Å². The van der Waals surface area contributed by atoms with Crippen molar-refractivity contribution in [3.05, 3.63) is 30.6 Å². The van der Waals surface area contributed by atoms with Gasteiger partial charge in [-0.2, -0.15) is 4.57 Å². The number of aromatic nitrogens is 1. The van der Waals surface area contributed by atoms with Crippen molar-refractivity contribution in [3.63, 3.8) is 0 Å². The molecule has 0 spiro atoms. The van der Waals surface area contributed by atoms with Crippen molar-refractivity contribution in [1.82, 2.24) is 0 Å². The van der Waals surface area contributed by atoms with Gasteiger partial charge in [0, 0.05) is 19.1 Å². The third-order valence-corrected chi connectivity index (χ3v) is 1.17. The van der Waals surface area contributed by atoms with Gasteiger partial charge in [0.2, 0.25) is 0 Å². The molecule has 1 heterocycles. The van der Waals surface area contributed by atoms with E-state index in [2.05, 4.69) is 0 Å². The molecule has 56 valence electrons. The van der Waals surface area contributed by atoms with Crippen LogP contribution >= 0.6 is 0 Å². The minimum atomic E-state index is -0.425. The number of halogens is 1. The molecular weight excluding hydrogens is 194 g/mol. The van der Waals surface area contributed by atoms with Gasteiger partial charge in [0.1, 0.15) is 0 Å². The Kier molecular flexibility index (Phi) is 4.23. The van der Waals surface area contributed by atoms with Crippen molar-refractivity contribution in [2.75, 3.05) is 0 Å². The topological polar surface area (TPSA) is 24.1 Å². The maximum absolute atomic E-state index is 8.99.